The van der Waals surface area contributed by atoms with Crippen LogP contribution in [-0.4, -0.2) is 14.6 Å². The summed E-state index contributed by atoms with van der Waals surface area (Å²) in [7, 11) is 0. The molecule has 4 rings (SSSR count). The van der Waals surface area contributed by atoms with Crippen molar-refractivity contribution in [1.82, 2.24) is 14.6 Å². The lowest BCUT2D eigenvalue weighted by atomic mass is 10.0. The molecule has 2 aromatic heterocycles. The second-order valence-electron chi connectivity index (χ2n) is 5.35. The highest BCUT2D eigenvalue weighted by Crippen LogP contribution is 2.39. The Morgan fingerprint density at radius 2 is 1.56 bits per heavy atom. The fourth-order valence-corrected chi connectivity index (χ4v) is 3.49. The van der Waals surface area contributed by atoms with Crippen molar-refractivity contribution in [3.05, 3.63) is 74.9 Å². The predicted octanol–water partition coefficient (Wildman–Crippen LogP) is 6.68. The lowest BCUT2D eigenvalue weighted by Crippen LogP contribution is -1.92. The zero-order valence-electron chi connectivity index (χ0n) is 12.5. The van der Waals surface area contributed by atoms with E-state index in [1.807, 2.05) is 48.5 Å². The van der Waals surface area contributed by atoms with Gasteiger partial charge < -0.3 is 0 Å². The first-order chi connectivity index (χ1) is 12.0. The Morgan fingerprint density at radius 3 is 2.28 bits per heavy atom. The maximum atomic E-state index is 6.39. The van der Waals surface area contributed by atoms with Gasteiger partial charge in [0.2, 0.25) is 0 Å². The van der Waals surface area contributed by atoms with E-state index in [0.717, 1.165) is 16.7 Å². The van der Waals surface area contributed by atoms with Crippen molar-refractivity contribution in [3.8, 4) is 22.4 Å². The first-order valence-electron chi connectivity index (χ1n) is 7.30. The van der Waals surface area contributed by atoms with Gasteiger partial charge in [-0.05, 0) is 23.8 Å². The fourth-order valence-electron chi connectivity index (χ4n) is 2.68. The molecule has 0 atom stereocenters. The van der Waals surface area contributed by atoms with Gasteiger partial charge in [-0.15, -0.1) is 0 Å². The summed E-state index contributed by atoms with van der Waals surface area (Å²) in [4.78, 5) is 4.42. The summed E-state index contributed by atoms with van der Waals surface area (Å²) in [5.74, 6) is 0. The van der Waals surface area contributed by atoms with Crippen LogP contribution in [0.2, 0.25) is 20.4 Å². The van der Waals surface area contributed by atoms with Crippen molar-refractivity contribution >= 4 is 52.1 Å². The number of halogens is 4. The van der Waals surface area contributed by atoms with Crippen LogP contribution in [0.5, 0.6) is 0 Å². The maximum Gasteiger partial charge on any atom is 0.166 e. The minimum Gasteiger partial charge on any atom is -0.216 e. The van der Waals surface area contributed by atoms with Crippen LogP contribution in [-0.2, 0) is 0 Å². The first kappa shape index (κ1) is 16.7. The fraction of sp³-hybridized carbons (Fsp3) is 0. The molecule has 0 radical (unpaired) electrons. The molecule has 0 spiro atoms. The van der Waals surface area contributed by atoms with Gasteiger partial charge >= 0.3 is 0 Å². The maximum absolute atomic E-state index is 6.39. The molecule has 25 heavy (non-hydrogen) atoms. The predicted molar refractivity (Wildman–Crippen MR) is 104 cm³/mol. The summed E-state index contributed by atoms with van der Waals surface area (Å²) in [6, 6.07) is 16.4. The zero-order valence-corrected chi connectivity index (χ0v) is 15.6. The Bertz CT molecular complexity index is 1090. The van der Waals surface area contributed by atoms with Crippen LogP contribution >= 0.6 is 46.4 Å². The lowest BCUT2D eigenvalue weighted by Gasteiger charge is -2.05. The number of rotatable bonds is 2. The summed E-state index contributed by atoms with van der Waals surface area (Å²) in [5.41, 5.74) is 3.68. The SMILES string of the molecule is Clc1ccc(-c2c(-c3ccccc3Cl)nn3c(Cl)cc(Cl)nc23)cc1. The minimum absolute atomic E-state index is 0.290. The van der Waals surface area contributed by atoms with Crippen LogP contribution in [0.25, 0.3) is 28.0 Å². The number of fused-ring (bicyclic) bond motifs is 1. The molecule has 124 valence electrons. The smallest absolute Gasteiger partial charge is 0.166 e. The van der Waals surface area contributed by atoms with Crippen molar-refractivity contribution in [1.29, 1.82) is 0 Å². The molecular weight excluding hydrogens is 400 g/mol. The molecule has 4 aromatic rings. The second-order valence-corrected chi connectivity index (χ2v) is 6.97. The molecule has 0 aliphatic heterocycles. The highest BCUT2D eigenvalue weighted by atomic mass is 35.5. The molecule has 0 unspecified atom stereocenters. The topological polar surface area (TPSA) is 30.2 Å². The van der Waals surface area contributed by atoms with E-state index in [-0.39, 0.29) is 0 Å². The van der Waals surface area contributed by atoms with Gasteiger partial charge in [0.05, 0.1) is 10.6 Å². The normalized spacial score (nSPS) is 11.2. The highest BCUT2D eigenvalue weighted by molar-refractivity contribution is 6.34. The Morgan fingerprint density at radius 1 is 0.840 bits per heavy atom. The van der Waals surface area contributed by atoms with Gasteiger partial charge in [0.25, 0.3) is 0 Å². The monoisotopic (exact) mass is 407 g/mol. The van der Waals surface area contributed by atoms with Gasteiger partial charge in [0.1, 0.15) is 16.0 Å². The van der Waals surface area contributed by atoms with Gasteiger partial charge in [-0.2, -0.15) is 5.10 Å². The molecule has 0 N–H and O–H groups in total. The van der Waals surface area contributed by atoms with Crippen molar-refractivity contribution < 1.29 is 0 Å². The van der Waals surface area contributed by atoms with E-state index in [0.29, 0.717) is 31.7 Å². The second kappa shape index (κ2) is 6.50. The molecule has 0 saturated carbocycles. The van der Waals surface area contributed by atoms with Crippen molar-refractivity contribution in [3.63, 3.8) is 0 Å². The third kappa shape index (κ3) is 2.98. The summed E-state index contributed by atoms with van der Waals surface area (Å²) >= 11 is 24.8. The lowest BCUT2D eigenvalue weighted by molar-refractivity contribution is 0.944. The molecule has 0 aliphatic carbocycles. The van der Waals surface area contributed by atoms with Crippen molar-refractivity contribution in [2.75, 3.05) is 0 Å². The van der Waals surface area contributed by atoms with Gasteiger partial charge in [-0.25, -0.2) is 9.50 Å². The standard InChI is InChI=1S/C18H9Cl4N3/c19-11-7-5-10(6-8-11)16-17(12-3-1-2-4-13(12)20)24-25-15(22)9-14(21)23-18(16)25/h1-9H. The Balaban J connectivity index is 2.12. The van der Waals surface area contributed by atoms with E-state index in [9.17, 15) is 0 Å². The third-order valence-electron chi connectivity index (χ3n) is 3.78. The van der Waals surface area contributed by atoms with Gasteiger partial charge in [0.15, 0.2) is 5.65 Å². The van der Waals surface area contributed by atoms with Gasteiger partial charge in [-0.3, -0.25) is 0 Å². The summed E-state index contributed by atoms with van der Waals surface area (Å²) in [6.45, 7) is 0. The highest BCUT2D eigenvalue weighted by Gasteiger charge is 2.21. The van der Waals surface area contributed by atoms with Crippen LogP contribution in [0, 0.1) is 0 Å². The van der Waals surface area contributed by atoms with E-state index >= 15 is 0 Å². The average molecular weight is 409 g/mol. The number of nitrogens with zero attached hydrogens (tertiary/aromatic N) is 3. The van der Waals surface area contributed by atoms with E-state index in [4.69, 9.17) is 46.4 Å². The number of hydrogen-bond acceptors (Lipinski definition) is 2. The van der Waals surface area contributed by atoms with Crippen LogP contribution in [0.1, 0.15) is 0 Å². The molecule has 2 aromatic carbocycles. The molecule has 0 bridgehead atoms. The van der Waals surface area contributed by atoms with E-state index in [1.165, 1.54) is 0 Å². The number of hydrogen-bond donors (Lipinski definition) is 0. The summed E-state index contributed by atoms with van der Waals surface area (Å²) in [6.07, 6.45) is 0. The molecule has 2 heterocycles. The van der Waals surface area contributed by atoms with Gasteiger partial charge in [-0.1, -0.05) is 76.7 Å². The van der Waals surface area contributed by atoms with Crippen LogP contribution in [0.3, 0.4) is 0 Å². The molecule has 0 amide bonds. The molecule has 0 fully saturated rings. The Hall–Kier alpha value is -1.78. The first-order valence-corrected chi connectivity index (χ1v) is 8.81. The van der Waals surface area contributed by atoms with E-state index in [2.05, 4.69) is 10.1 Å². The summed E-state index contributed by atoms with van der Waals surface area (Å²) < 4.78 is 1.55. The summed E-state index contributed by atoms with van der Waals surface area (Å²) in [5, 5.41) is 6.51. The zero-order chi connectivity index (χ0) is 17.6. The Labute approximate surface area is 163 Å². The van der Waals surface area contributed by atoms with Crippen LogP contribution < -0.4 is 0 Å². The quantitative estimate of drug-likeness (QED) is 0.346. The van der Waals surface area contributed by atoms with E-state index in [1.54, 1.807) is 10.6 Å². The number of benzene rings is 2. The third-order valence-corrected chi connectivity index (χ3v) is 4.82. The van der Waals surface area contributed by atoms with Gasteiger partial charge in [0, 0.05) is 16.7 Å². The molecule has 0 aliphatic rings. The molecule has 3 nitrogen and oxygen atoms in total. The molecule has 7 heteroatoms. The van der Waals surface area contributed by atoms with Crippen molar-refractivity contribution in [2.45, 2.75) is 0 Å². The number of aromatic nitrogens is 3. The average Bonchev–Trinajstić information content (AvgIpc) is 2.95. The molecular formula is C18H9Cl4N3. The largest absolute Gasteiger partial charge is 0.216 e. The molecule has 0 saturated heterocycles. The van der Waals surface area contributed by atoms with Crippen molar-refractivity contribution in [2.24, 2.45) is 0 Å². The van der Waals surface area contributed by atoms with Crippen LogP contribution in [0.15, 0.2) is 54.6 Å². The van der Waals surface area contributed by atoms with Crippen LogP contribution in [0.4, 0.5) is 0 Å². The van der Waals surface area contributed by atoms with E-state index < -0.39 is 0 Å². The minimum atomic E-state index is 0.290. The Kier molecular flexibility index (Phi) is 4.34.